The molecule has 0 aromatic rings. The minimum Gasteiger partial charge on any atom is -0.481 e. The summed E-state index contributed by atoms with van der Waals surface area (Å²) in [6.07, 6.45) is 17.4. The molecule has 5 N–H and O–H groups in total. The molecule has 3 amide bonds. The van der Waals surface area contributed by atoms with Gasteiger partial charge in [0, 0.05) is 90.5 Å². The molecule has 6 aliphatic rings. The quantitative estimate of drug-likeness (QED) is 0.283. The molecular weight excluding hydrogens is 652 g/mol. The largest absolute Gasteiger partial charge is 0.481 e. The topological polar surface area (TPSA) is 172 Å². The first-order valence-electron chi connectivity index (χ1n) is 19.5. The Morgan fingerprint density at radius 3 is 1.14 bits per heavy atom. The molecule has 13 heteroatoms. The van der Waals surface area contributed by atoms with Crippen molar-refractivity contribution in [1.29, 1.82) is 0 Å². The monoisotopic (exact) mass is 725 g/mol. The second-order valence-electron chi connectivity index (χ2n) is 14.8. The Balaban J connectivity index is 0.000000333. The van der Waals surface area contributed by atoms with Crippen molar-refractivity contribution in [2.45, 2.75) is 175 Å². The summed E-state index contributed by atoms with van der Waals surface area (Å²) in [5, 5.41) is 25.2. The van der Waals surface area contributed by atoms with Gasteiger partial charge in [-0.05, 0) is 123 Å². The molecule has 0 saturated carbocycles. The third-order valence-corrected chi connectivity index (χ3v) is 10.3. The third-order valence-electron chi connectivity index (χ3n) is 10.3. The molecule has 6 heterocycles. The van der Waals surface area contributed by atoms with Crippen LogP contribution in [0.1, 0.15) is 138 Å². The van der Waals surface area contributed by atoms with Crippen LogP contribution >= 0.6 is 0 Å². The molecule has 6 unspecified atom stereocenters. The summed E-state index contributed by atoms with van der Waals surface area (Å²) in [4.78, 5) is 57.7. The van der Waals surface area contributed by atoms with E-state index in [-0.39, 0.29) is 17.7 Å². The predicted molar refractivity (Wildman–Crippen MR) is 202 cm³/mol. The Kier molecular flexibility index (Phi) is 23.6. The van der Waals surface area contributed by atoms with E-state index in [1.807, 2.05) is 14.7 Å². The number of likely N-dealkylation sites (tertiary alicyclic amines) is 3. The Morgan fingerprint density at radius 1 is 0.510 bits per heavy atom. The van der Waals surface area contributed by atoms with E-state index >= 15 is 0 Å². The molecule has 6 atom stereocenters. The minimum absolute atomic E-state index is 0.180. The SMILES string of the molecule is C1CNC(CC2CCCN2)C1.CC(=O)N1CCCC1C.CC(=O)N1CCCC1CC1CCCN1C(C)=O.CC(=O)O.CC(=O)O.CC1CCCN1. The van der Waals surface area contributed by atoms with Gasteiger partial charge in [-0.2, -0.15) is 0 Å². The van der Waals surface area contributed by atoms with E-state index in [2.05, 4.69) is 29.8 Å². The molecule has 6 fully saturated rings. The number of carbonyl (C=O) groups is 5. The molecular formula is C38H72N6O7. The van der Waals surface area contributed by atoms with Gasteiger partial charge in [0.2, 0.25) is 17.7 Å². The van der Waals surface area contributed by atoms with Crippen molar-refractivity contribution < 1.29 is 34.2 Å². The molecule has 296 valence electrons. The maximum atomic E-state index is 11.5. The van der Waals surface area contributed by atoms with Gasteiger partial charge >= 0.3 is 0 Å². The first-order valence-corrected chi connectivity index (χ1v) is 19.5. The molecule has 6 aliphatic heterocycles. The number of rotatable bonds is 4. The fraction of sp³-hybridized carbons (Fsp3) is 0.868. The van der Waals surface area contributed by atoms with Crippen LogP contribution in [-0.2, 0) is 24.0 Å². The van der Waals surface area contributed by atoms with E-state index in [1.165, 1.54) is 77.4 Å². The number of aliphatic carboxylic acids is 2. The van der Waals surface area contributed by atoms with E-state index < -0.39 is 11.9 Å². The van der Waals surface area contributed by atoms with E-state index in [1.54, 1.807) is 20.8 Å². The van der Waals surface area contributed by atoms with Crippen LogP contribution in [0.3, 0.4) is 0 Å². The van der Waals surface area contributed by atoms with Crippen LogP contribution in [-0.4, -0.2) is 130 Å². The Morgan fingerprint density at radius 2 is 0.882 bits per heavy atom. The van der Waals surface area contributed by atoms with Gasteiger partial charge < -0.3 is 40.9 Å². The number of hydrogen-bond acceptors (Lipinski definition) is 8. The highest BCUT2D eigenvalue weighted by Crippen LogP contribution is 2.28. The summed E-state index contributed by atoms with van der Waals surface area (Å²) in [5.74, 6) is -1.08. The van der Waals surface area contributed by atoms with Gasteiger partial charge in [0.25, 0.3) is 11.9 Å². The predicted octanol–water partition coefficient (Wildman–Crippen LogP) is 4.24. The Bertz CT molecular complexity index is 964. The van der Waals surface area contributed by atoms with Crippen molar-refractivity contribution in [3.05, 3.63) is 0 Å². The summed E-state index contributed by atoms with van der Waals surface area (Å²) < 4.78 is 0. The van der Waals surface area contributed by atoms with Gasteiger partial charge in [-0.25, -0.2) is 0 Å². The summed E-state index contributed by atoms with van der Waals surface area (Å²) in [5.41, 5.74) is 0. The highest BCUT2D eigenvalue weighted by Gasteiger charge is 2.34. The fourth-order valence-electron chi connectivity index (χ4n) is 7.82. The molecule has 0 aromatic carbocycles. The number of carbonyl (C=O) groups excluding carboxylic acids is 3. The summed E-state index contributed by atoms with van der Waals surface area (Å²) in [6.45, 7) is 17.9. The molecule has 6 saturated heterocycles. The van der Waals surface area contributed by atoms with Gasteiger partial charge in [0.1, 0.15) is 0 Å². The highest BCUT2D eigenvalue weighted by atomic mass is 16.4. The van der Waals surface area contributed by atoms with E-state index in [0.717, 1.165) is 83.7 Å². The van der Waals surface area contributed by atoms with Gasteiger partial charge in [-0.3, -0.25) is 24.0 Å². The molecule has 0 radical (unpaired) electrons. The lowest BCUT2D eigenvalue weighted by Crippen LogP contribution is -2.41. The van der Waals surface area contributed by atoms with E-state index in [9.17, 15) is 14.4 Å². The summed E-state index contributed by atoms with van der Waals surface area (Å²) in [7, 11) is 0. The van der Waals surface area contributed by atoms with Crippen LogP contribution in [0, 0.1) is 0 Å². The van der Waals surface area contributed by atoms with Gasteiger partial charge in [-0.1, -0.05) is 0 Å². The lowest BCUT2D eigenvalue weighted by atomic mass is 10.0. The van der Waals surface area contributed by atoms with E-state index in [0.29, 0.717) is 18.1 Å². The number of carboxylic acid groups (broad SMARTS) is 2. The Hall–Kier alpha value is -2.77. The second kappa shape index (κ2) is 26.1. The molecule has 51 heavy (non-hydrogen) atoms. The summed E-state index contributed by atoms with van der Waals surface area (Å²) >= 11 is 0. The van der Waals surface area contributed by atoms with Crippen LogP contribution in [0.5, 0.6) is 0 Å². The van der Waals surface area contributed by atoms with Crippen molar-refractivity contribution in [3.63, 3.8) is 0 Å². The van der Waals surface area contributed by atoms with E-state index in [4.69, 9.17) is 19.8 Å². The van der Waals surface area contributed by atoms with Crippen molar-refractivity contribution in [1.82, 2.24) is 30.7 Å². The zero-order valence-electron chi connectivity index (χ0n) is 32.9. The maximum Gasteiger partial charge on any atom is 0.300 e. The average molecular weight is 725 g/mol. The zero-order valence-corrected chi connectivity index (χ0v) is 32.9. The number of hydrogen-bond donors (Lipinski definition) is 5. The molecule has 0 aromatic heterocycles. The smallest absolute Gasteiger partial charge is 0.300 e. The number of amides is 3. The van der Waals surface area contributed by atoms with Crippen molar-refractivity contribution >= 4 is 29.7 Å². The first kappa shape index (κ1) is 46.3. The zero-order chi connectivity index (χ0) is 38.3. The van der Waals surface area contributed by atoms with Crippen LogP contribution in [0.25, 0.3) is 0 Å². The average Bonchev–Trinajstić information content (AvgIpc) is 3.88. The molecule has 6 rings (SSSR count). The van der Waals surface area contributed by atoms with Crippen molar-refractivity contribution in [2.75, 3.05) is 39.3 Å². The number of nitrogens with one attached hydrogen (secondary N) is 3. The molecule has 0 bridgehead atoms. The molecule has 0 aliphatic carbocycles. The van der Waals surface area contributed by atoms with Crippen molar-refractivity contribution in [3.8, 4) is 0 Å². The standard InChI is InChI=1S/C13H22N2O2.C9H18N2.C7H13NO.C5H11N.2C2H4O2/c1-10(16)14-7-3-5-12(14)9-13-6-4-8-15(13)11(2)17;1-3-8(10-5-1)7-9-4-2-6-11-9;1-6-4-3-5-8(6)7(2)9;1-5-3-2-4-6-5;2*1-2(3)4/h12-13H,3-9H2,1-2H3;8-11H,1-7H2;6H,3-5H2,1-2H3;5-6H,2-4H2,1H3;2*1H3,(H,3,4). The van der Waals surface area contributed by atoms with Gasteiger partial charge in [0.05, 0.1) is 0 Å². The van der Waals surface area contributed by atoms with Crippen LogP contribution in [0.2, 0.25) is 0 Å². The third kappa shape index (κ3) is 20.8. The van der Waals surface area contributed by atoms with Gasteiger partial charge in [-0.15, -0.1) is 0 Å². The van der Waals surface area contributed by atoms with Crippen LogP contribution in [0.4, 0.5) is 0 Å². The normalized spacial score (nSPS) is 27.6. The maximum absolute atomic E-state index is 11.5. The number of carboxylic acids is 2. The van der Waals surface area contributed by atoms with Crippen LogP contribution in [0.15, 0.2) is 0 Å². The second-order valence-corrected chi connectivity index (χ2v) is 14.8. The molecule has 0 spiro atoms. The lowest BCUT2D eigenvalue weighted by Gasteiger charge is -2.30. The molecule has 13 nitrogen and oxygen atoms in total. The summed E-state index contributed by atoms with van der Waals surface area (Å²) in [6, 6.07) is 3.65. The first-order chi connectivity index (χ1) is 24.1. The van der Waals surface area contributed by atoms with Crippen LogP contribution < -0.4 is 16.0 Å². The van der Waals surface area contributed by atoms with Crippen molar-refractivity contribution in [2.24, 2.45) is 0 Å². The minimum atomic E-state index is -0.833. The lowest BCUT2D eigenvalue weighted by molar-refractivity contribution is -0.135. The highest BCUT2D eigenvalue weighted by molar-refractivity contribution is 5.75. The fourth-order valence-corrected chi connectivity index (χ4v) is 7.82. The van der Waals surface area contributed by atoms with Gasteiger partial charge in [0.15, 0.2) is 0 Å². The number of nitrogens with zero attached hydrogens (tertiary/aromatic N) is 3. The Labute approximate surface area is 308 Å².